The van der Waals surface area contributed by atoms with Crippen LogP contribution in [0.1, 0.15) is 16.8 Å². The summed E-state index contributed by atoms with van der Waals surface area (Å²) in [5, 5.41) is 0. The summed E-state index contributed by atoms with van der Waals surface area (Å²) in [6.45, 7) is 0. The van der Waals surface area contributed by atoms with Crippen LogP contribution in [0.4, 0.5) is 0 Å². The van der Waals surface area contributed by atoms with Gasteiger partial charge in [0.25, 0.3) is 5.91 Å². The third-order valence-corrected chi connectivity index (χ3v) is 6.18. The lowest BCUT2D eigenvalue weighted by Crippen LogP contribution is -2.40. The van der Waals surface area contributed by atoms with Gasteiger partial charge in [0.1, 0.15) is 5.75 Å². The molecule has 1 saturated heterocycles. The molecule has 1 heterocycles. The molecule has 24 heavy (non-hydrogen) atoms. The largest absolute Gasteiger partial charge is 0.497 e. The van der Waals surface area contributed by atoms with Crippen LogP contribution in [-0.2, 0) is 9.59 Å². The van der Waals surface area contributed by atoms with Crippen molar-refractivity contribution >= 4 is 17.7 Å². The summed E-state index contributed by atoms with van der Waals surface area (Å²) in [6, 6.07) is 6.58. The van der Waals surface area contributed by atoms with E-state index in [-0.39, 0.29) is 35.5 Å². The summed E-state index contributed by atoms with van der Waals surface area (Å²) in [7, 11) is 1.51. The van der Waals surface area contributed by atoms with E-state index in [1.165, 1.54) is 7.11 Å². The minimum Gasteiger partial charge on any atom is -0.497 e. The fourth-order valence-electron chi connectivity index (χ4n) is 5.04. The van der Waals surface area contributed by atoms with Gasteiger partial charge in [-0.15, -0.1) is 0 Å². The molecule has 1 aromatic carbocycles. The van der Waals surface area contributed by atoms with Gasteiger partial charge in [-0.2, -0.15) is 0 Å². The Hall–Kier alpha value is -2.43. The van der Waals surface area contributed by atoms with Crippen LogP contribution in [0, 0.1) is 35.5 Å². The minimum absolute atomic E-state index is 0.129. The quantitative estimate of drug-likeness (QED) is 0.616. The lowest BCUT2D eigenvalue weighted by atomic mass is 9.63. The highest BCUT2D eigenvalue weighted by molar-refractivity contribution is 6.21. The molecule has 6 rings (SSSR count). The number of hydrogen-bond donors (Lipinski definition) is 0. The molecule has 5 aliphatic rings. The second kappa shape index (κ2) is 4.56. The van der Waals surface area contributed by atoms with Gasteiger partial charge in [0.05, 0.1) is 18.9 Å². The molecule has 3 amide bonds. The number of likely N-dealkylation sites (tertiary alicyclic amines) is 1. The third kappa shape index (κ3) is 1.62. The molecule has 3 fully saturated rings. The molecule has 1 aromatic rings. The predicted molar refractivity (Wildman–Crippen MR) is 83.9 cm³/mol. The molecular weight excluding hydrogens is 306 g/mol. The van der Waals surface area contributed by atoms with Gasteiger partial charge < -0.3 is 4.74 Å². The van der Waals surface area contributed by atoms with Crippen LogP contribution in [0.15, 0.2) is 36.4 Å². The number of allylic oxidation sites excluding steroid dienone is 2. The summed E-state index contributed by atoms with van der Waals surface area (Å²) < 4.78 is 5.13. The molecule has 0 radical (unpaired) electrons. The fraction of sp³-hybridized carbons (Fsp3) is 0.421. The van der Waals surface area contributed by atoms with Gasteiger partial charge in [-0.25, -0.2) is 4.90 Å². The second-order valence-corrected chi connectivity index (χ2v) is 7.20. The predicted octanol–water partition coefficient (Wildman–Crippen LogP) is 1.89. The van der Waals surface area contributed by atoms with Crippen molar-refractivity contribution in [2.75, 3.05) is 7.11 Å². The van der Waals surface area contributed by atoms with E-state index in [0.717, 1.165) is 11.3 Å². The van der Waals surface area contributed by atoms with Gasteiger partial charge in [0, 0.05) is 5.56 Å². The number of carbonyl (C=O) groups is 3. The Kier molecular flexibility index (Phi) is 2.65. The molecular formula is C19H17NO4. The topological polar surface area (TPSA) is 63.7 Å². The molecule has 1 aliphatic heterocycles. The Balaban J connectivity index is 1.51. The van der Waals surface area contributed by atoms with Crippen molar-refractivity contribution in [2.24, 2.45) is 35.5 Å². The van der Waals surface area contributed by atoms with E-state index in [1.807, 2.05) is 0 Å². The van der Waals surface area contributed by atoms with Crippen LogP contribution in [0.5, 0.6) is 5.75 Å². The SMILES string of the molecule is COc1cccc(C(=O)N2C(=O)[C@@H]3[C@H]4C=C[C@@H]([C@@H]5C[C@@H]45)[C@@H]3C2=O)c1. The molecule has 2 bridgehead atoms. The molecule has 5 heteroatoms. The van der Waals surface area contributed by atoms with Gasteiger partial charge in [-0.05, 0) is 48.3 Å². The number of rotatable bonds is 2. The maximum atomic E-state index is 12.9. The zero-order chi connectivity index (χ0) is 16.6. The Morgan fingerprint density at radius 3 is 2.29 bits per heavy atom. The molecule has 0 aromatic heterocycles. The van der Waals surface area contributed by atoms with Crippen molar-refractivity contribution in [1.29, 1.82) is 0 Å². The summed E-state index contributed by atoms with van der Waals surface area (Å²) in [6.07, 6.45) is 5.31. The van der Waals surface area contributed by atoms with E-state index >= 15 is 0 Å². The average molecular weight is 323 g/mol. The maximum Gasteiger partial charge on any atom is 0.267 e. The highest BCUT2D eigenvalue weighted by Crippen LogP contribution is 2.65. The summed E-state index contributed by atoms with van der Waals surface area (Å²) in [5.74, 6) is -0.00256. The first-order valence-electron chi connectivity index (χ1n) is 8.36. The summed E-state index contributed by atoms with van der Waals surface area (Å²) in [4.78, 5) is 39.5. The zero-order valence-electron chi connectivity index (χ0n) is 13.2. The Labute approximate surface area is 139 Å². The van der Waals surface area contributed by atoms with Crippen molar-refractivity contribution in [1.82, 2.24) is 4.90 Å². The first-order chi connectivity index (χ1) is 11.6. The normalized spacial score (nSPS) is 38.1. The summed E-state index contributed by atoms with van der Waals surface area (Å²) in [5.41, 5.74) is 0.306. The fourth-order valence-corrected chi connectivity index (χ4v) is 5.04. The number of ether oxygens (including phenoxy) is 1. The van der Waals surface area contributed by atoms with Crippen molar-refractivity contribution in [3.05, 3.63) is 42.0 Å². The summed E-state index contributed by atoms with van der Waals surface area (Å²) >= 11 is 0. The van der Waals surface area contributed by atoms with Crippen LogP contribution in [0.3, 0.4) is 0 Å². The van der Waals surface area contributed by atoms with E-state index in [4.69, 9.17) is 4.74 Å². The van der Waals surface area contributed by atoms with Crippen LogP contribution < -0.4 is 4.74 Å². The Morgan fingerprint density at radius 1 is 1.08 bits per heavy atom. The van der Waals surface area contributed by atoms with E-state index in [1.54, 1.807) is 24.3 Å². The van der Waals surface area contributed by atoms with E-state index < -0.39 is 5.91 Å². The monoisotopic (exact) mass is 323 g/mol. The number of nitrogens with zero attached hydrogens (tertiary/aromatic N) is 1. The molecule has 122 valence electrons. The van der Waals surface area contributed by atoms with Crippen molar-refractivity contribution in [3.8, 4) is 5.75 Å². The van der Waals surface area contributed by atoms with E-state index in [9.17, 15) is 14.4 Å². The zero-order valence-corrected chi connectivity index (χ0v) is 13.2. The number of amides is 3. The molecule has 0 N–H and O–H groups in total. The smallest absolute Gasteiger partial charge is 0.267 e. The molecule has 0 spiro atoms. The van der Waals surface area contributed by atoms with Crippen LogP contribution >= 0.6 is 0 Å². The molecule has 6 atom stereocenters. The van der Waals surface area contributed by atoms with Crippen LogP contribution in [0.2, 0.25) is 0 Å². The van der Waals surface area contributed by atoms with Gasteiger partial charge >= 0.3 is 0 Å². The first kappa shape index (κ1) is 14.0. The van der Waals surface area contributed by atoms with Crippen LogP contribution in [-0.4, -0.2) is 29.7 Å². The van der Waals surface area contributed by atoms with Crippen molar-refractivity contribution < 1.29 is 19.1 Å². The number of benzene rings is 1. The Morgan fingerprint density at radius 2 is 1.71 bits per heavy atom. The molecule has 4 aliphatic carbocycles. The lowest BCUT2D eigenvalue weighted by Gasteiger charge is -2.37. The lowest BCUT2D eigenvalue weighted by molar-refractivity contribution is -0.136. The van der Waals surface area contributed by atoms with Crippen LogP contribution in [0.25, 0.3) is 0 Å². The Bertz CT molecular complexity index is 777. The maximum absolute atomic E-state index is 12.9. The van der Waals surface area contributed by atoms with Crippen molar-refractivity contribution in [2.45, 2.75) is 6.42 Å². The molecule has 2 saturated carbocycles. The number of carbonyl (C=O) groups excluding carboxylic acids is 3. The van der Waals surface area contributed by atoms with E-state index in [2.05, 4.69) is 12.2 Å². The van der Waals surface area contributed by atoms with Gasteiger partial charge in [0.15, 0.2) is 0 Å². The average Bonchev–Trinajstić information content (AvgIpc) is 3.39. The van der Waals surface area contributed by atoms with Gasteiger partial charge in [-0.1, -0.05) is 18.2 Å². The number of methoxy groups -OCH3 is 1. The van der Waals surface area contributed by atoms with Gasteiger partial charge in [0.2, 0.25) is 11.8 Å². The second-order valence-electron chi connectivity index (χ2n) is 7.20. The number of imide groups is 3. The van der Waals surface area contributed by atoms with E-state index in [0.29, 0.717) is 23.1 Å². The number of hydrogen-bond acceptors (Lipinski definition) is 4. The molecule has 5 nitrogen and oxygen atoms in total. The third-order valence-electron chi connectivity index (χ3n) is 6.18. The first-order valence-corrected chi connectivity index (χ1v) is 8.36. The highest BCUT2D eigenvalue weighted by atomic mass is 16.5. The highest BCUT2D eigenvalue weighted by Gasteiger charge is 2.67. The van der Waals surface area contributed by atoms with Crippen molar-refractivity contribution in [3.63, 3.8) is 0 Å². The standard InChI is InChI=1S/C19H17NO4/c1-24-10-4-2-3-9(7-10)17(21)20-18(22)15-11-5-6-12(14-8-13(11)14)16(15)19(20)23/h2-7,11-16H,8H2,1H3/t11-,12-,13-,14-,15-,16+/m0/s1. The minimum atomic E-state index is -0.536. The molecule has 0 unspecified atom stereocenters. The van der Waals surface area contributed by atoms with Gasteiger partial charge in [-0.3, -0.25) is 14.4 Å².